The number of halogens is 4. The number of ether oxygens (including phenoxy) is 1. The fraction of sp³-hybridized carbons (Fsp3) is 0.467. The predicted octanol–water partition coefficient (Wildman–Crippen LogP) is 6.04. The number of nitrogens with zero attached hydrogens (tertiary/aromatic N) is 2. The molecule has 41 heavy (non-hydrogen) atoms. The summed E-state index contributed by atoms with van der Waals surface area (Å²) < 4.78 is 6.01. The van der Waals surface area contributed by atoms with Crippen molar-refractivity contribution in [2.45, 2.75) is 32.2 Å². The number of benzene rings is 2. The molecule has 0 unspecified atom stereocenters. The maximum atomic E-state index is 13.3. The van der Waals surface area contributed by atoms with Crippen molar-refractivity contribution in [3.05, 3.63) is 48.5 Å². The normalized spacial score (nSPS) is 42.0. The van der Waals surface area contributed by atoms with E-state index in [1.165, 1.54) is 9.80 Å². The summed E-state index contributed by atoms with van der Waals surface area (Å²) in [7, 11) is 0. The van der Waals surface area contributed by atoms with Crippen LogP contribution in [-0.2, 0) is 19.2 Å². The van der Waals surface area contributed by atoms with Gasteiger partial charge in [0.2, 0.25) is 23.6 Å². The van der Waals surface area contributed by atoms with Crippen LogP contribution in [0.2, 0.25) is 0 Å². The SMILES string of the molecule is O=C1[C@@H]2[C@H]3C[C@@H]([C@H](Br)[C@H]3Br)[C@H]2C(=O)N1c1ccc(Oc2ccc(N3C(=O)[C@@H]4[C@H]5C[C@@H]([C@H](Br)[C@@H]5Br)[C@@H]4C3=O)cc2)cc1. The zero-order valence-corrected chi connectivity index (χ0v) is 27.8. The lowest BCUT2D eigenvalue weighted by molar-refractivity contribution is -0.124. The van der Waals surface area contributed by atoms with Gasteiger partial charge in [0.15, 0.2) is 0 Å². The Kier molecular flexibility index (Phi) is 6.24. The quantitative estimate of drug-likeness (QED) is 0.278. The molecule has 4 bridgehead atoms. The number of carbonyl (C=O) groups excluding carboxylic acids is 4. The summed E-state index contributed by atoms with van der Waals surface area (Å²) in [6.45, 7) is 0. The summed E-state index contributed by atoms with van der Waals surface area (Å²) >= 11 is 14.9. The van der Waals surface area contributed by atoms with Crippen LogP contribution in [0.15, 0.2) is 48.5 Å². The molecule has 8 rings (SSSR count). The number of hydrogen-bond acceptors (Lipinski definition) is 5. The molecular formula is C30H24Br4N2O5. The molecule has 2 saturated heterocycles. The van der Waals surface area contributed by atoms with Gasteiger partial charge in [-0.1, -0.05) is 63.7 Å². The maximum absolute atomic E-state index is 13.3. The van der Waals surface area contributed by atoms with Crippen LogP contribution in [0.25, 0.3) is 0 Å². The molecule has 6 aliphatic rings. The number of imide groups is 2. The van der Waals surface area contributed by atoms with Gasteiger partial charge in [-0.3, -0.25) is 29.0 Å². The van der Waals surface area contributed by atoms with Gasteiger partial charge in [0, 0.05) is 19.3 Å². The van der Waals surface area contributed by atoms with Crippen LogP contribution in [0.5, 0.6) is 11.5 Å². The maximum Gasteiger partial charge on any atom is 0.238 e. The van der Waals surface area contributed by atoms with Gasteiger partial charge in [-0.05, 0) is 85.0 Å². The van der Waals surface area contributed by atoms with Crippen LogP contribution in [0.1, 0.15) is 12.8 Å². The summed E-state index contributed by atoms with van der Waals surface area (Å²) in [6.07, 6.45) is 1.80. The van der Waals surface area contributed by atoms with Gasteiger partial charge in [0.05, 0.1) is 35.0 Å². The molecule has 12 atom stereocenters. The Balaban J connectivity index is 0.965. The molecular weight excluding hydrogens is 788 g/mol. The number of amides is 4. The molecule has 0 aromatic heterocycles. The van der Waals surface area contributed by atoms with E-state index in [0.717, 1.165) is 12.8 Å². The predicted molar refractivity (Wildman–Crippen MR) is 166 cm³/mol. The van der Waals surface area contributed by atoms with Crippen molar-refractivity contribution in [1.29, 1.82) is 0 Å². The molecule has 2 heterocycles. The Hall–Kier alpha value is -1.56. The lowest BCUT2D eigenvalue weighted by Gasteiger charge is -2.28. The summed E-state index contributed by atoms with van der Waals surface area (Å²) in [5.74, 6) is 0.313. The van der Waals surface area contributed by atoms with Gasteiger partial charge in [0.25, 0.3) is 0 Å². The fourth-order valence-electron chi connectivity index (χ4n) is 8.67. The molecule has 212 valence electrons. The summed E-state index contributed by atoms with van der Waals surface area (Å²) in [6, 6.07) is 13.9. The van der Waals surface area contributed by atoms with E-state index < -0.39 is 0 Å². The third-order valence-corrected chi connectivity index (χ3v) is 16.8. The second-order valence-electron chi connectivity index (χ2n) is 12.1. The van der Waals surface area contributed by atoms with Gasteiger partial charge in [-0.25, -0.2) is 0 Å². The first-order valence-electron chi connectivity index (χ1n) is 13.9. The number of hydrogen-bond donors (Lipinski definition) is 0. The number of carbonyl (C=O) groups is 4. The Morgan fingerprint density at radius 3 is 1.02 bits per heavy atom. The highest BCUT2D eigenvalue weighted by Crippen LogP contribution is 2.62. The fourth-order valence-corrected chi connectivity index (χ4v) is 12.4. The average molecular weight is 812 g/mol. The second-order valence-corrected chi connectivity index (χ2v) is 16.4. The van der Waals surface area contributed by atoms with E-state index in [9.17, 15) is 19.2 Å². The first-order chi connectivity index (χ1) is 19.7. The molecule has 0 spiro atoms. The standard InChI is InChI=1S/C30H24Br4N2O5/c31-23-15-9-16(24(23)32)20-19(15)27(37)35(28(20)38)11-1-5-13(6-2-11)41-14-7-3-12(4-8-14)36-29(39)21-17-10-18(22(21)30(36)40)26(34)25(17)33/h1-8,15-26H,9-10H2/t15-,16-,17-,18-,19-,20-,21-,22+,23+,24+,25-,26+/m1/s1. The molecule has 4 aliphatic carbocycles. The molecule has 4 saturated carbocycles. The van der Waals surface area contributed by atoms with Crippen LogP contribution in [0, 0.1) is 47.3 Å². The van der Waals surface area contributed by atoms with Crippen LogP contribution in [0.3, 0.4) is 0 Å². The van der Waals surface area contributed by atoms with E-state index in [2.05, 4.69) is 63.7 Å². The van der Waals surface area contributed by atoms with Crippen molar-refractivity contribution in [3.63, 3.8) is 0 Å². The van der Waals surface area contributed by atoms with Gasteiger partial charge in [-0.2, -0.15) is 0 Å². The highest BCUT2D eigenvalue weighted by Gasteiger charge is 2.67. The second kappa shape index (κ2) is 9.47. The molecule has 7 nitrogen and oxygen atoms in total. The third-order valence-electron chi connectivity index (χ3n) is 10.4. The van der Waals surface area contributed by atoms with E-state index in [4.69, 9.17) is 4.74 Å². The van der Waals surface area contributed by atoms with Gasteiger partial charge in [-0.15, -0.1) is 0 Å². The lowest BCUT2D eigenvalue weighted by Crippen LogP contribution is -2.37. The molecule has 2 aromatic carbocycles. The molecule has 0 N–H and O–H groups in total. The first-order valence-corrected chi connectivity index (χ1v) is 17.5. The Labute approximate surface area is 270 Å². The zero-order chi connectivity index (χ0) is 28.5. The molecule has 11 heteroatoms. The van der Waals surface area contributed by atoms with Gasteiger partial charge >= 0.3 is 0 Å². The zero-order valence-electron chi connectivity index (χ0n) is 21.4. The summed E-state index contributed by atoms with van der Waals surface area (Å²) in [5, 5.41) is 0. The third kappa shape index (κ3) is 3.64. The smallest absolute Gasteiger partial charge is 0.238 e. The Bertz CT molecular complexity index is 1330. The number of anilines is 2. The molecule has 6 fully saturated rings. The van der Waals surface area contributed by atoms with E-state index in [1.54, 1.807) is 48.5 Å². The minimum atomic E-state index is -0.258. The molecule has 0 radical (unpaired) electrons. The van der Waals surface area contributed by atoms with E-state index >= 15 is 0 Å². The average Bonchev–Trinajstić information content (AvgIpc) is 3.77. The summed E-state index contributed by atoms with van der Waals surface area (Å²) in [5.41, 5.74) is 1.10. The molecule has 4 amide bonds. The lowest BCUT2D eigenvalue weighted by atomic mass is 9.81. The Morgan fingerprint density at radius 1 is 0.488 bits per heavy atom. The topological polar surface area (TPSA) is 84.0 Å². The minimum Gasteiger partial charge on any atom is -0.457 e. The van der Waals surface area contributed by atoms with Crippen molar-refractivity contribution in [2.75, 3.05) is 9.80 Å². The van der Waals surface area contributed by atoms with E-state index in [-0.39, 0.29) is 90.3 Å². The first kappa shape index (κ1) is 27.0. The highest BCUT2D eigenvalue weighted by atomic mass is 79.9. The van der Waals surface area contributed by atoms with Crippen molar-refractivity contribution in [3.8, 4) is 11.5 Å². The Morgan fingerprint density at radius 2 is 0.756 bits per heavy atom. The minimum absolute atomic E-state index is 0.109. The number of fused-ring (bicyclic) bond motifs is 10. The van der Waals surface area contributed by atoms with E-state index in [1.807, 2.05) is 0 Å². The monoisotopic (exact) mass is 808 g/mol. The van der Waals surface area contributed by atoms with E-state index in [0.29, 0.717) is 22.9 Å². The summed E-state index contributed by atoms with van der Waals surface area (Å²) in [4.78, 5) is 56.8. The van der Waals surface area contributed by atoms with Gasteiger partial charge < -0.3 is 4.74 Å². The van der Waals surface area contributed by atoms with Crippen molar-refractivity contribution < 1.29 is 23.9 Å². The van der Waals surface area contributed by atoms with Crippen molar-refractivity contribution >= 4 is 98.7 Å². The largest absolute Gasteiger partial charge is 0.457 e. The molecule has 2 aliphatic heterocycles. The van der Waals surface area contributed by atoms with Crippen LogP contribution in [-0.4, -0.2) is 42.9 Å². The van der Waals surface area contributed by atoms with Crippen LogP contribution < -0.4 is 14.5 Å². The van der Waals surface area contributed by atoms with Gasteiger partial charge in [0.1, 0.15) is 11.5 Å². The van der Waals surface area contributed by atoms with Crippen LogP contribution in [0.4, 0.5) is 11.4 Å². The van der Waals surface area contributed by atoms with Crippen molar-refractivity contribution in [1.82, 2.24) is 0 Å². The van der Waals surface area contributed by atoms with Crippen LogP contribution >= 0.6 is 63.7 Å². The molecule has 2 aromatic rings. The number of alkyl halides is 4. The number of rotatable bonds is 4. The highest BCUT2D eigenvalue weighted by molar-refractivity contribution is 9.12. The van der Waals surface area contributed by atoms with Crippen molar-refractivity contribution in [2.24, 2.45) is 47.3 Å².